The van der Waals surface area contributed by atoms with Crippen LogP contribution in [-0.2, 0) is 6.42 Å². The lowest BCUT2D eigenvalue weighted by molar-refractivity contribution is 0.296. The molecule has 0 aliphatic carbocycles. The Morgan fingerprint density at radius 1 is 1.58 bits per heavy atom. The molecule has 0 saturated carbocycles. The van der Waals surface area contributed by atoms with Crippen molar-refractivity contribution in [1.82, 2.24) is 14.9 Å². The molecule has 0 unspecified atom stereocenters. The Hall–Kier alpha value is -1.93. The van der Waals surface area contributed by atoms with Crippen molar-refractivity contribution >= 4 is 5.84 Å². The average molecular weight is 259 g/mol. The first-order chi connectivity index (χ1) is 9.16. The van der Waals surface area contributed by atoms with Crippen LogP contribution in [0.5, 0.6) is 0 Å². The summed E-state index contributed by atoms with van der Waals surface area (Å²) < 4.78 is 0. The first-order valence-corrected chi connectivity index (χ1v) is 6.36. The van der Waals surface area contributed by atoms with Crippen molar-refractivity contribution in [2.45, 2.75) is 31.7 Å². The molecule has 102 valence electrons. The van der Waals surface area contributed by atoms with Gasteiger partial charge in [-0.25, -0.2) is 9.97 Å². The van der Waals surface area contributed by atoms with Gasteiger partial charge in [-0.05, 0) is 45.3 Å². The Balaban J connectivity index is 0.000000861. The highest BCUT2D eigenvalue weighted by Crippen LogP contribution is 2.19. The summed E-state index contributed by atoms with van der Waals surface area (Å²) in [5, 5.41) is 7.31. The lowest BCUT2D eigenvalue weighted by Gasteiger charge is -2.18. The maximum absolute atomic E-state index is 7.31. The Kier molecular flexibility index (Phi) is 5.97. The summed E-state index contributed by atoms with van der Waals surface area (Å²) in [6, 6.07) is 2.58. The average Bonchev–Trinajstić information content (AvgIpc) is 2.84. The van der Waals surface area contributed by atoms with Gasteiger partial charge < -0.3 is 10.6 Å². The maximum Gasteiger partial charge on any atom is 0.194 e. The van der Waals surface area contributed by atoms with Gasteiger partial charge in [0.15, 0.2) is 11.7 Å². The molecule has 5 heteroatoms. The van der Waals surface area contributed by atoms with Crippen LogP contribution in [0.15, 0.2) is 12.3 Å². The first-order valence-electron chi connectivity index (χ1n) is 6.36. The van der Waals surface area contributed by atoms with Gasteiger partial charge in [-0.2, -0.15) is 0 Å². The molecular formula is C14H21N5. The van der Waals surface area contributed by atoms with Crippen molar-refractivity contribution in [2.24, 2.45) is 5.73 Å². The second kappa shape index (κ2) is 7.49. The number of nitrogens with zero attached hydrogens (tertiary/aromatic N) is 3. The number of aryl methyl sites for hydroxylation is 1. The SMILES string of the molecule is C#C.CN1CCC[C@H]1CCc1ccnc(C(=N)N)n1. The predicted molar refractivity (Wildman–Crippen MR) is 76.9 cm³/mol. The molecule has 1 aromatic heterocycles. The van der Waals surface area contributed by atoms with E-state index >= 15 is 0 Å². The fourth-order valence-electron chi connectivity index (χ4n) is 2.32. The van der Waals surface area contributed by atoms with E-state index in [9.17, 15) is 0 Å². The lowest BCUT2D eigenvalue weighted by Crippen LogP contribution is -2.25. The van der Waals surface area contributed by atoms with E-state index < -0.39 is 0 Å². The summed E-state index contributed by atoms with van der Waals surface area (Å²) in [5.41, 5.74) is 6.35. The molecule has 0 amide bonds. The largest absolute Gasteiger partial charge is 0.381 e. The number of rotatable bonds is 4. The van der Waals surface area contributed by atoms with Gasteiger partial charge in [0.1, 0.15) is 0 Å². The van der Waals surface area contributed by atoms with E-state index in [1.54, 1.807) is 6.20 Å². The number of hydrogen-bond donors (Lipinski definition) is 2. The zero-order valence-corrected chi connectivity index (χ0v) is 11.3. The Morgan fingerprint density at radius 3 is 2.89 bits per heavy atom. The minimum atomic E-state index is -0.0650. The number of terminal acetylenes is 1. The number of aromatic nitrogens is 2. The van der Waals surface area contributed by atoms with Crippen LogP contribution < -0.4 is 5.73 Å². The minimum absolute atomic E-state index is 0.0650. The highest BCUT2D eigenvalue weighted by molar-refractivity contribution is 5.91. The normalized spacial score (nSPS) is 18.6. The second-order valence-corrected chi connectivity index (χ2v) is 4.60. The number of nitrogens with one attached hydrogen (secondary N) is 1. The third-order valence-corrected chi connectivity index (χ3v) is 3.36. The second-order valence-electron chi connectivity index (χ2n) is 4.60. The van der Waals surface area contributed by atoms with E-state index in [-0.39, 0.29) is 5.84 Å². The summed E-state index contributed by atoms with van der Waals surface area (Å²) in [4.78, 5) is 10.7. The van der Waals surface area contributed by atoms with Crippen molar-refractivity contribution in [1.29, 1.82) is 5.41 Å². The van der Waals surface area contributed by atoms with Gasteiger partial charge >= 0.3 is 0 Å². The van der Waals surface area contributed by atoms with Crippen LogP contribution in [0.1, 0.15) is 30.8 Å². The van der Waals surface area contributed by atoms with Crippen LogP contribution in [0.4, 0.5) is 0 Å². The standard InChI is InChI=1S/C12H19N5.C2H2/c1-17-8-2-3-10(17)5-4-9-6-7-15-12(16-9)11(13)14;1-2/h6-7,10H,2-5,8H2,1H3,(H3,13,14);1-2H/t10-;/m0./s1. The van der Waals surface area contributed by atoms with E-state index in [2.05, 4.69) is 34.8 Å². The smallest absolute Gasteiger partial charge is 0.194 e. The molecule has 19 heavy (non-hydrogen) atoms. The highest BCUT2D eigenvalue weighted by atomic mass is 15.1. The molecule has 1 fully saturated rings. The molecule has 1 atom stereocenters. The molecule has 5 nitrogen and oxygen atoms in total. The van der Waals surface area contributed by atoms with Gasteiger partial charge in [0.25, 0.3) is 0 Å². The zero-order valence-electron chi connectivity index (χ0n) is 11.3. The highest BCUT2D eigenvalue weighted by Gasteiger charge is 2.20. The summed E-state index contributed by atoms with van der Waals surface area (Å²) in [6.45, 7) is 1.20. The molecule has 1 aliphatic rings. The van der Waals surface area contributed by atoms with Crippen molar-refractivity contribution in [3.8, 4) is 12.8 Å². The molecule has 2 rings (SSSR count). The fourth-order valence-corrected chi connectivity index (χ4v) is 2.32. The third-order valence-electron chi connectivity index (χ3n) is 3.36. The zero-order chi connectivity index (χ0) is 14.3. The molecule has 2 heterocycles. The molecule has 0 bridgehead atoms. The van der Waals surface area contributed by atoms with Crippen molar-refractivity contribution < 1.29 is 0 Å². The number of likely N-dealkylation sites (tertiary alicyclic amines) is 1. The van der Waals surface area contributed by atoms with Crippen LogP contribution in [0.3, 0.4) is 0 Å². The van der Waals surface area contributed by atoms with E-state index in [1.807, 2.05) is 6.07 Å². The lowest BCUT2D eigenvalue weighted by atomic mass is 10.1. The predicted octanol–water partition coefficient (Wildman–Crippen LogP) is 1.04. The Bertz CT molecular complexity index is 440. The molecule has 1 aromatic rings. The quantitative estimate of drug-likeness (QED) is 0.481. The van der Waals surface area contributed by atoms with Gasteiger partial charge in [-0.3, -0.25) is 5.41 Å². The molecule has 0 spiro atoms. The summed E-state index contributed by atoms with van der Waals surface area (Å²) in [6.07, 6.45) is 14.3. The van der Waals surface area contributed by atoms with Crippen LogP contribution in [0.25, 0.3) is 0 Å². The van der Waals surface area contributed by atoms with Gasteiger partial charge in [0.05, 0.1) is 0 Å². The third kappa shape index (κ3) is 4.34. The number of hydrogen-bond acceptors (Lipinski definition) is 4. The van der Waals surface area contributed by atoms with Gasteiger partial charge in [-0.15, -0.1) is 12.8 Å². The Morgan fingerprint density at radius 2 is 2.32 bits per heavy atom. The fraction of sp³-hybridized carbons (Fsp3) is 0.500. The molecule has 1 saturated heterocycles. The molecule has 0 radical (unpaired) electrons. The summed E-state index contributed by atoms with van der Waals surface area (Å²) >= 11 is 0. The van der Waals surface area contributed by atoms with Gasteiger partial charge in [0.2, 0.25) is 0 Å². The van der Waals surface area contributed by atoms with Crippen LogP contribution in [0, 0.1) is 18.3 Å². The van der Waals surface area contributed by atoms with Crippen LogP contribution in [0.2, 0.25) is 0 Å². The minimum Gasteiger partial charge on any atom is -0.381 e. The monoisotopic (exact) mass is 259 g/mol. The van der Waals surface area contributed by atoms with Crippen LogP contribution >= 0.6 is 0 Å². The van der Waals surface area contributed by atoms with Crippen LogP contribution in [-0.4, -0.2) is 40.3 Å². The van der Waals surface area contributed by atoms with E-state index in [1.165, 1.54) is 19.4 Å². The van der Waals surface area contributed by atoms with Gasteiger partial charge in [-0.1, -0.05) is 0 Å². The van der Waals surface area contributed by atoms with E-state index in [0.717, 1.165) is 18.5 Å². The number of nitrogen functional groups attached to an aromatic ring is 1. The molecule has 0 aromatic carbocycles. The molecule has 1 aliphatic heterocycles. The number of amidine groups is 1. The molecular weight excluding hydrogens is 238 g/mol. The first kappa shape index (κ1) is 15.1. The maximum atomic E-state index is 7.31. The topological polar surface area (TPSA) is 78.9 Å². The van der Waals surface area contributed by atoms with Crippen molar-refractivity contribution in [3.05, 3.63) is 23.8 Å². The summed E-state index contributed by atoms with van der Waals surface area (Å²) in [7, 11) is 2.18. The van der Waals surface area contributed by atoms with E-state index in [4.69, 9.17) is 11.1 Å². The number of nitrogens with two attached hydrogens (primary N) is 1. The van der Waals surface area contributed by atoms with E-state index in [0.29, 0.717) is 11.9 Å². The Labute approximate surface area is 114 Å². The summed E-state index contributed by atoms with van der Waals surface area (Å²) in [5.74, 6) is 0.270. The van der Waals surface area contributed by atoms with Gasteiger partial charge in [0, 0.05) is 17.9 Å². The van der Waals surface area contributed by atoms with Crippen molar-refractivity contribution in [3.63, 3.8) is 0 Å². The molecule has 3 N–H and O–H groups in total. The van der Waals surface area contributed by atoms with Crippen molar-refractivity contribution in [2.75, 3.05) is 13.6 Å².